The van der Waals surface area contributed by atoms with E-state index in [1.807, 2.05) is 6.07 Å². The van der Waals surface area contributed by atoms with Crippen LogP contribution in [0.15, 0.2) is 18.2 Å². The van der Waals surface area contributed by atoms with Crippen LogP contribution in [-0.4, -0.2) is 16.2 Å². The summed E-state index contributed by atoms with van der Waals surface area (Å²) in [6.07, 6.45) is 6.96. The van der Waals surface area contributed by atoms with Crippen LogP contribution in [0.1, 0.15) is 55.6 Å². The van der Waals surface area contributed by atoms with Crippen LogP contribution in [0.25, 0.3) is 0 Å². The first-order valence-corrected chi connectivity index (χ1v) is 6.71. The zero-order chi connectivity index (χ0) is 13.0. The van der Waals surface area contributed by atoms with Crippen molar-refractivity contribution < 1.29 is 15.0 Å². The molecule has 18 heavy (non-hydrogen) atoms. The number of aromatic hydroxyl groups is 1. The van der Waals surface area contributed by atoms with Crippen molar-refractivity contribution in [2.24, 2.45) is 0 Å². The molecule has 0 saturated heterocycles. The van der Waals surface area contributed by atoms with E-state index in [4.69, 9.17) is 5.11 Å². The first kappa shape index (κ1) is 12.9. The van der Waals surface area contributed by atoms with Gasteiger partial charge in [0.05, 0.1) is 6.42 Å². The molecule has 0 atom stereocenters. The van der Waals surface area contributed by atoms with Gasteiger partial charge in [0.2, 0.25) is 0 Å². The molecule has 1 aromatic rings. The largest absolute Gasteiger partial charge is 0.508 e. The molecule has 2 rings (SSSR count). The molecule has 1 saturated carbocycles. The molecule has 1 aliphatic carbocycles. The van der Waals surface area contributed by atoms with Gasteiger partial charge >= 0.3 is 5.97 Å². The van der Waals surface area contributed by atoms with E-state index >= 15 is 0 Å². The molecule has 0 radical (unpaired) electrons. The van der Waals surface area contributed by atoms with E-state index in [0.717, 1.165) is 24.0 Å². The predicted octanol–water partition coefficient (Wildman–Crippen LogP) is 3.46. The average Bonchev–Trinajstić information content (AvgIpc) is 2.57. The minimum Gasteiger partial charge on any atom is -0.508 e. The molecule has 3 nitrogen and oxygen atoms in total. The normalized spacial score (nSPS) is 17.3. The highest BCUT2D eigenvalue weighted by atomic mass is 16.4. The highest BCUT2D eigenvalue weighted by Gasteiger charge is 2.21. The number of hydrogen-bond donors (Lipinski definition) is 2. The van der Waals surface area contributed by atoms with Crippen LogP contribution in [0.2, 0.25) is 0 Å². The second-order valence-electron chi connectivity index (χ2n) is 5.11. The summed E-state index contributed by atoms with van der Waals surface area (Å²) in [5, 5.41) is 19.0. The van der Waals surface area contributed by atoms with Gasteiger partial charge in [0.15, 0.2) is 0 Å². The van der Waals surface area contributed by atoms with Gasteiger partial charge in [-0.25, -0.2) is 0 Å². The van der Waals surface area contributed by atoms with Gasteiger partial charge in [0.1, 0.15) is 5.75 Å². The fourth-order valence-corrected chi connectivity index (χ4v) is 2.96. The third kappa shape index (κ3) is 3.03. The number of phenols is 1. The molecule has 1 aliphatic rings. The molecule has 2 N–H and O–H groups in total. The zero-order valence-corrected chi connectivity index (χ0v) is 10.6. The summed E-state index contributed by atoms with van der Waals surface area (Å²) in [5.41, 5.74) is 1.65. The van der Waals surface area contributed by atoms with Gasteiger partial charge in [0, 0.05) is 5.56 Å². The fourth-order valence-electron chi connectivity index (χ4n) is 2.96. The van der Waals surface area contributed by atoms with Gasteiger partial charge in [-0.1, -0.05) is 37.8 Å². The van der Waals surface area contributed by atoms with Crippen LogP contribution in [-0.2, 0) is 11.2 Å². The van der Waals surface area contributed by atoms with Crippen molar-refractivity contribution >= 4 is 5.97 Å². The Bertz CT molecular complexity index is 418. The predicted molar refractivity (Wildman–Crippen MR) is 69.9 cm³/mol. The highest BCUT2D eigenvalue weighted by Crippen LogP contribution is 2.38. The number of hydrogen-bond acceptors (Lipinski definition) is 2. The van der Waals surface area contributed by atoms with Crippen LogP contribution in [0.3, 0.4) is 0 Å². The summed E-state index contributed by atoms with van der Waals surface area (Å²) in [6, 6.07) is 5.23. The first-order chi connectivity index (χ1) is 8.68. The van der Waals surface area contributed by atoms with E-state index < -0.39 is 5.97 Å². The number of carboxylic acids is 1. The van der Waals surface area contributed by atoms with E-state index in [1.54, 1.807) is 12.1 Å². The molecular weight excluding hydrogens is 228 g/mol. The van der Waals surface area contributed by atoms with Gasteiger partial charge in [-0.05, 0) is 30.4 Å². The topological polar surface area (TPSA) is 57.5 Å². The molecule has 0 unspecified atom stereocenters. The number of carboxylic acid groups (broad SMARTS) is 1. The maximum atomic E-state index is 10.9. The molecule has 3 heteroatoms. The lowest BCUT2D eigenvalue weighted by atomic mass is 9.86. The van der Waals surface area contributed by atoms with E-state index in [-0.39, 0.29) is 12.2 Å². The summed E-state index contributed by atoms with van der Waals surface area (Å²) < 4.78 is 0. The van der Waals surface area contributed by atoms with Crippen molar-refractivity contribution in [3.63, 3.8) is 0 Å². The Morgan fingerprint density at radius 3 is 2.44 bits per heavy atom. The molecule has 1 aromatic carbocycles. The Kier molecular flexibility index (Phi) is 4.24. The summed E-state index contributed by atoms with van der Waals surface area (Å²) in [6.45, 7) is 0. The second-order valence-corrected chi connectivity index (χ2v) is 5.11. The van der Waals surface area contributed by atoms with Gasteiger partial charge < -0.3 is 10.2 Å². The Morgan fingerprint density at radius 1 is 1.17 bits per heavy atom. The molecule has 0 spiro atoms. The number of phenolic OH excluding ortho intramolecular Hbond substituents is 1. The molecule has 98 valence electrons. The summed E-state index contributed by atoms with van der Waals surface area (Å²) in [7, 11) is 0. The molecule has 1 fully saturated rings. The molecular formula is C15H20O3. The van der Waals surface area contributed by atoms with Crippen molar-refractivity contribution in [1.29, 1.82) is 0 Å². The molecule has 0 amide bonds. The lowest BCUT2D eigenvalue weighted by molar-refractivity contribution is -0.136. The van der Waals surface area contributed by atoms with Crippen LogP contribution in [0.4, 0.5) is 0 Å². The minimum atomic E-state index is -0.838. The lowest BCUT2D eigenvalue weighted by Gasteiger charge is -2.19. The molecule has 0 aliphatic heterocycles. The van der Waals surface area contributed by atoms with Crippen LogP contribution >= 0.6 is 0 Å². The van der Waals surface area contributed by atoms with Crippen molar-refractivity contribution in [3.05, 3.63) is 29.3 Å². The molecule has 0 bridgehead atoms. The standard InChI is InChI=1S/C15H20O3/c16-13-9-5-8-12(10-14(17)18)15(13)11-6-3-1-2-4-7-11/h5,8-9,11,16H,1-4,6-7,10H2,(H,17,18). The van der Waals surface area contributed by atoms with E-state index in [0.29, 0.717) is 5.92 Å². The average molecular weight is 248 g/mol. The first-order valence-electron chi connectivity index (χ1n) is 6.71. The third-order valence-corrected chi connectivity index (χ3v) is 3.78. The van der Waals surface area contributed by atoms with E-state index in [2.05, 4.69) is 0 Å². The molecule has 0 heterocycles. The van der Waals surface area contributed by atoms with Gasteiger partial charge in [0.25, 0.3) is 0 Å². The quantitative estimate of drug-likeness (QED) is 0.805. The van der Waals surface area contributed by atoms with Crippen molar-refractivity contribution in [2.45, 2.75) is 50.9 Å². The zero-order valence-electron chi connectivity index (χ0n) is 10.6. The smallest absolute Gasteiger partial charge is 0.307 e. The van der Waals surface area contributed by atoms with Crippen molar-refractivity contribution in [1.82, 2.24) is 0 Å². The fraction of sp³-hybridized carbons (Fsp3) is 0.533. The van der Waals surface area contributed by atoms with E-state index in [9.17, 15) is 9.90 Å². The monoisotopic (exact) mass is 248 g/mol. The minimum absolute atomic E-state index is 0.000231. The Morgan fingerprint density at radius 2 is 1.83 bits per heavy atom. The van der Waals surface area contributed by atoms with Crippen LogP contribution in [0, 0.1) is 0 Å². The Balaban J connectivity index is 2.31. The maximum absolute atomic E-state index is 10.9. The summed E-state index contributed by atoms with van der Waals surface area (Å²) in [4.78, 5) is 10.9. The Labute approximate surface area is 107 Å². The lowest BCUT2D eigenvalue weighted by Crippen LogP contribution is -2.07. The van der Waals surface area contributed by atoms with Crippen LogP contribution < -0.4 is 0 Å². The number of rotatable bonds is 3. The van der Waals surface area contributed by atoms with Gasteiger partial charge in [-0.15, -0.1) is 0 Å². The Hall–Kier alpha value is -1.51. The number of carbonyl (C=O) groups is 1. The SMILES string of the molecule is O=C(O)Cc1cccc(O)c1C1CCCCCC1. The van der Waals surface area contributed by atoms with Crippen molar-refractivity contribution in [2.75, 3.05) is 0 Å². The maximum Gasteiger partial charge on any atom is 0.307 e. The van der Waals surface area contributed by atoms with Gasteiger partial charge in [-0.2, -0.15) is 0 Å². The summed E-state index contributed by atoms with van der Waals surface area (Å²) in [5.74, 6) is -0.251. The molecule has 0 aromatic heterocycles. The van der Waals surface area contributed by atoms with Gasteiger partial charge in [-0.3, -0.25) is 4.79 Å². The highest BCUT2D eigenvalue weighted by molar-refractivity contribution is 5.71. The number of aliphatic carboxylic acids is 1. The van der Waals surface area contributed by atoms with Crippen molar-refractivity contribution in [3.8, 4) is 5.75 Å². The van der Waals surface area contributed by atoms with Crippen LogP contribution in [0.5, 0.6) is 5.75 Å². The van der Waals surface area contributed by atoms with E-state index in [1.165, 1.54) is 25.7 Å². The summed E-state index contributed by atoms with van der Waals surface area (Å²) >= 11 is 0. The number of benzene rings is 1. The second kappa shape index (κ2) is 5.89. The third-order valence-electron chi connectivity index (χ3n) is 3.78.